The molecule has 1 fully saturated rings. The van der Waals surface area contributed by atoms with Gasteiger partial charge in [-0.3, -0.25) is 0 Å². The predicted molar refractivity (Wildman–Crippen MR) is 71.1 cm³/mol. The Labute approximate surface area is 106 Å². The van der Waals surface area contributed by atoms with Gasteiger partial charge in [-0.1, -0.05) is 20.3 Å². The van der Waals surface area contributed by atoms with Crippen LogP contribution in [0.1, 0.15) is 52.4 Å². The van der Waals surface area contributed by atoms with Crippen LogP contribution in [0.2, 0.25) is 0 Å². The van der Waals surface area contributed by atoms with Gasteiger partial charge in [0.2, 0.25) is 0 Å². The van der Waals surface area contributed by atoms with Gasteiger partial charge in [0.25, 0.3) is 0 Å². The molecule has 1 heterocycles. The van der Waals surface area contributed by atoms with Crippen molar-refractivity contribution >= 4 is 0 Å². The molecule has 1 aliphatic heterocycles. The summed E-state index contributed by atoms with van der Waals surface area (Å²) < 4.78 is 11.1. The summed E-state index contributed by atoms with van der Waals surface area (Å²) in [5.74, 6) is 0.762. The molecular formula is C14H29NO2. The molecule has 1 rings (SSSR count). The highest BCUT2D eigenvalue weighted by molar-refractivity contribution is 4.60. The van der Waals surface area contributed by atoms with Crippen LogP contribution in [0.4, 0.5) is 0 Å². The van der Waals surface area contributed by atoms with Gasteiger partial charge in [0.1, 0.15) is 0 Å². The highest BCUT2D eigenvalue weighted by Crippen LogP contribution is 2.16. The van der Waals surface area contributed by atoms with Crippen LogP contribution in [0.3, 0.4) is 0 Å². The first-order valence-corrected chi connectivity index (χ1v) is 7.27. The van der Waals surface area contributed by atoms with Gasteiger partial charge < -0.3 is 14.8 Å². The van der Waals surface area contributed by atoms with E-state index in [4.69, 9.17) is 9.47 Å². The molecule has 0 spiro atoms. The zero-order valence-corrected chi connectivity index (χ0v) is 11.5. The smallest absolute Gasteiger partial charge is 0.157 e. The molecule has 3 nitrogen and oxygen atoms in total. The fourth-order valence-corrected chi connectivity index (χ4v) is 2.04. The molecule has 3 heteroatoms. The fourth-order valence-electron chi connectivity index (χ4n) is 2.04. The van der Waals surface area contributed by atoms with E-state index in [0.717, 1.165) is 45.1 Å². The molecule has 1 aliphatic rings. The van der Waals surface area contributed by atoms with Crippen molar-refractivity contribution in [3.63, 3.8) is 0 Å². The number of hydrogen-bond donors (Lipinski definition) is 1. The summed E-state index contributed by atoms with van der Waals surface area (Å²) in [5, 5.41) is 3.49. The summed E-state index contributed by atoms with van der Waals surface area (Å²) in [7, 11) is 0. The molecule has 1 saturated heterocycles. The monoisotopic (exact) mass is 243 g/mol. The molecule has 17 heavy (non-hydrogen) atoms. The third-order valence-corrected chi connectivity index (χ3v) is 3.31. The molecule has 1 unspecified atom stereocenters. The van der Waals surface area contributed by atoms with Gasteiger partial charge in [-0.2, -0.15) is 0 Å². The molecular weight excluding hydrogens is 214 g/mol. The molecule has 1 N–H and O–H groups in total. The third-order valence-electron chi connectivity index (χ3n) is 3.31. The number of ether oxygens (including phenoxy) is 2. The standard InChI is InChI=1S/C14H29NO2/c1-3-4-9-15-10-8-13(2)6-7-14-16-11-5-12-17-14/h13-15H,3-12H2,1-2H3. The van der Waals surface area contributed by atoms with E-state index >= 15 is 0 Å². The minimum atomic E-state index is 0.0688. The molecule has 0 aliphatic carbocycles. The van der Waals surface area contributed by atoms with Gasteiger partial charge >= 0.3 is 0 Å². The lowest BCUT2D eigenvalue weighted by molar-refractivity contribution is -0.182. The molecule has 0 radical (unpaired) electrons. The van der Waals surface area contributed by atoms with Gasteiger partial charge in [0.05, 0.1) is 13.2 Å². The van der Waals surface area contributed by atoms with Crippen molar-refractivity contribution in [2.24, 2.45) is 5.92 Å². The van der Waals surface area contributed by atoms with E-state index < -0.39 is 0 Å². The topological polar surface area (TPSA) is 30.5 Å². The first-order valence-electron chi connectivity index (χ1n) is 7.27. The van der Waals surface area contributed by atoms with Crippen LogP contribution in [0, 0.1) is 5.92 Å². The van der Waals surface area contributed by atoms with Crippen molar-refractivity contribution in [1.82, 2.24) is 5.32 Å². The predicted octanol–water partition coefficient (Wildman–Crippen LogP) is 2.95. The maximum atomic E-state index is 5.55. The van der Waals surface area contributed by atoms with E-state index in [1.165, 1.54) is 25.7 Å². The minimum absolute atomic E-state index is 0.0688. The van der Waals surface area contributed by atoms with E-state index in [1.807, 2.05) is 0 Å². The molecule has 0 aromatic carbocycles. The quantitative estimate of drug-likeness (QED) is 0.632. The second-order valence-electron chi connectivity index (χ2n) is 5.10. The Morgan fingerprint density at radius 2 is 1.94 bits per heavy atom. The molecule has 0 aromatic heterocycles. The average molecular weight is 243 g/mol. The normalized spacial score (nSPS) is 19.4. The summed E-state index contributed by atoms with van der Waals surface area (Å²) in [6.45, 7) is 8.61. The van der Waals surface area contributed by atoms with Crippen molar-refractivity contribution < 1.29 is 9.47 Å². The Balaban J connectivity index is 1.91. The first-order chi connectivity index (χ1) is 8.33. The second kappa shape index (κ2) is 9.86. The lowest BCUT2D eigenvalue weighted by Crippen LogP contribution is -2.25. The fraction of sp³-hybridized carbons (Fsp3) is 1.00. The summed E-state index contributed by atoms with van der Waals surface area (Å²) >= 11 is 0. The van der Waals surface area contributed by atoms with E-state index in [1.54, 1.807) is 0 Å². The lowest BCUT2D eigenvalue weighted by Gasteiger charge is -2.24. The number of unbranched alkanes of at least 4 members (excludes halogenated alkanes) is 1. The Hall–Kier alpha value is -0.120. The van der Waals surface area contributed by atoms with Crippen LogP contribution < -0.4 is 5.32 Å². The summed E-state index contributed by atoms with van der Waals surface area (Å²) in [6, 6.07) is 0. The van der Waals surface area contributed by atoms with Crippen LogP contribution in [-0.2, 0) is 9.47 Å². The average Bonchev–Trinajstić information content (AvgIpc) is 2.37. The Kier molecular flexibility index (Phi) is 8.67. The Morgan fingerprint density at radius 3 is 2.65 bits per heavy atom. The van der Waals surface area contributed by atoms with Gasteiger partial charge in [-0.15, -0.1) is 0 Å². The maximum absolute atomic E-state index is 5.55. The number of rotatable bonds is 9. The van der Waals surface area contributed by atoms with E-state index in [-0.39, 0.29) is 6.29 Å². The van der Waals surface area contributed by atoms with Crippen LogP contribution in [0.5, 0.6) is 0 Å². The van der Waals surface area contributed by atoms with E-state index in [0.29, 0.717) is 0 Å². The van der Waals surface area contributed by atoms with E-state index in [2.05, 4.69) is 19.2 Å². The number of nitrogens with one attached hydrogen (secondary N) is 1. The maximum Gasteiger partial charge on any atom is 0.157 e. The SMILES string of the molecule is CCCCNCCC(C)CCC1OCCCO1. The lowest BCUT2D eigenvalue weighted by atomic mass is 10.0. The van der Waals surface area contributed by atoms with Crippen molar-refractivity contribution in [2.75, 3.05) is 26.3 Å². The van der Waals surface area contributed by atoms with Gasteiger partial charge in [0, 0.05) is 0 Å². The summed E-state index contributed by atoms with van der Waals surface area (Å²) in [4.78, 5) is 0. The number of hydrogen-bond acceptors (Lipinski definition) is 3. The highest BCUT2D eigenvalue weighted by Gasteiger charge is 2.15. The largest absolute Gasteiger partial charge is 0.353 e. The van der Waals surface area contributed by atoms with Crippen LogP contribution >= 0.6 is 0 Å². The van der Waals surface area contributed by atoms with Crippen LogP contribution in [0.25, 0.3) is 0 Å². The molecule has 0 aromatic rings. The molecule has 102 valence electrons. The molecule has 0 saturated carbocycles. The molecule has 0 bridgehead atoms. The molecule has 0 amide bonds. The van der Waals surface area contributed by atoms with Crippen LogP contribution in [-0.4, -0.2) is 32.6 Å². The summed E-state index contributed by atoms with van der Waals surface area (Å²) in [5.41, 5.74) is 0. The van der Waals surface area contributed by atoms with Crippen molar-refractivity contribution in [2.45, 2.75) is 58.7 Å². The van der Waals surface area contributed by atoms with E-state index in [9.17, 15) is 0 Å². The zero-order chi connectivity index (χ0) is 12.3. The van der Waals surface area contributed by atoms with Gasteiger partial charge in [-0.25, -0.2) is 0 Å². The van der Waals surface area contributed by atoms with Gasteiger partial charge in [0.15, 0.2) is 6.29 Å². The Bertz CT molecular complexity index is 170. The third kappa shape index (κ3) is 7.74. The summed E-state index contributed by atoms with van der Waals surface area (Å²) in [6.07, 6.45) is 7.20. The van der Waals surface area contributed by atoms with Crippen molar-refractivity contribution in [3.05, 3.63) is 0 Å². The Morgan fingerprint density at radius 1 is 1.18 bits per heavy atom. The van der Waals surface area contributed by atoms with Crippen LogP contribution in [0.15, 0.2) is 0 Å². The zero-order valence-electron chi connectivity index (χ0n) is 11.5. The van der Waals surface area contributed by atoms with Crippen molar-refractivity contribution in [1.29, 1.82) is 0 Å². The van der Waals surface area contributed by atoms with Gasteiger partial charge in [-0.05, 0) is 51.1 Å². The first kappa shape index (κ1) is 14.9. The highest BCUT2D eigenvalue weighted by atomic mass is 16.7. The molecule has 1 atom stereocenters. The van der Waals surface area contributed by atoms with Crippen molar-refractivity contribution in [3.8, 4) is 0 Å². The minimum Gasteiger partial charge on any atom is -0.353 e. The second-order valence-corrected chi connectivity index (χ2v) is 5.10.